The summed E-state index contributed by atoms with van der Waals surface area (Å²) in [5.41, 5.74) is 0. The maximum atomic E-state index is 11.5. The highest BCUT2D eigenvalue weighted by Crippen LogP contribution is 2.21. The van der Waals surface area contributed by atoms with E-state index in [-0.39, 0.29) is 5.91 Å². The van der Waals surface area contributed by atoms with Gasteiger partial charge in [0.25, 0.3) is 5.91 Å². The Morgan fingerprint density at radius 2 is 2.40 bits per heavy atom. The molecule has 0 aliphatic carbocycles. The Labute approximate surface area is 106 Å². The number of nitrogens with one attached hydrogen (secondary N) is 1. The summed E-state index contributed by atoms with van der Waals surface area (Å²) in [6.07, 6.45) is 0. The second-order valence-corrected chi connectivity index (χ2v) is 4.80. The third kappa shape index (κ3) is 4.51. The summed E-state index contributed by atoms with van der Waals surface area (Å²) in [6.45, 7) is 1.50. The van der Waals surface area contributed by atoms with Gasteiger partial charge in [-0.25, -0.2) is 0 Å². The third-order valence-corrected chi connectivity index (χ3v) is 3.57. The fraction of sp³-hybridized carbons (Fsp3) is 0.444. The molecular weight excluding hydrogens is 302 g/mol. The van der Waals surface area contributed by atoms with Gasteiger partial charge in [0.15, 0.2) is 0 Å². The zero-order chi connectivity index (χ0) is 11.1. The van der Waals surface area contributed by atoms with Crippen LogP contribution in [-0.2, 0) is 4.74 Å². The van der Waals surface area contributed by atoms with Crippen molar-refractivity contribution in [1.29, 1.82) is 0 Å². The van der Waals surface area contributed by atoms with Crippen molar-refractivity contribution in [1.82, 2.24) is 5.32 Å². The lowest BCUT2D eigenvalue weighted by Crippen LogP contribution is -2.27. The molecule has 0 unspecified atom stereocenters. The summed E-state index contributed by atoms with van der Waals surface area (Å²) < 4.78 is 5.95. The van der Waals surface area contributed by atoms with Crippen LogP contribution in [0.3, 0.4) is 0 Å². The minimum atomic E-state index is -0.0775. The zero-order valence-corrected chi connectivity index (χ0v) is 11.1. The van der Waals surface area contributed by atoms with E-state index in [1.165, 1.54) is 11.3 Å². The van der Waals surface area contributed by atoms with E-state index in [9.17, 15) is 4.79 Å². The van der Waals surface area contributed by atoms with Crippen LogP contribution in [0.25, 0.3) is 0 Å². The van der Waals surface area contributed by atoms with Crippen molar-refractivity contribution in [2.24, 2.45) is 0 Å². The molecule has 84 valence electrons. The number of thiophene rings is 1. The highest BCUT2D eigenvalue weighted by Gasteiger charge is 2.09. The van der Waals surface area contributed by atoms with Crippen LogP contribution in [0, 0.1) is 0 Å². The smallest absolute Gasteiger partial charge is 0.262 e. The molecule has 1 rings (SSSR count). The number of hydrogen-bond donors (Lipinski definition) is 1. The quantitative estimate of drug-likeness (QED) is 0.647. The summed E-state index contributed by atoms with van der Waals surface area (Å²) in [4.78, 5) is 12.2. The second-order valence-electron chi connectivity index (χ2n) is 2.65. The van der Waals surface area contributed by atoms with Gasteiger partial charge in [0.2, 0.25) is 0 Å². The van der Waals surface area contributed by atoms with Crippen molar-refractivity contribution in [2.75, 3.05) is 25.6 Å². The maximum Gasteiger partial charge on any atom is 0.262 e. The highest BCUT2D eigenvalue weighted by molar-refractivity contribution is 9.10. The van der Waals surface area contributed by atoms with Gasteiger partial charge in [-0.2, -0.15) is 0 Å². The molecule has 1 aromatic rings. The monoisotopic (exact) mass is 311 g/mol. The van der Waals surface area contributed by atoms with E-state index in [4.69, 9.17) is 16.3 Å². The first-order chi connectivity index (χ1) is 7.25. The van der Waals surface area contributed by atoms with Crippen LogP contribution in [0.1, 0.15) is 9.67 Å². The lowest BCUT2D eigenvalue weighted by atomic mass is 10.4. The molecule has 1 N–H and O–H groups in total. The first-order valence-electron chi connectivity index (χ1n) is 4.40. The van der Waals surface area contributed by atoms with Gasteiger partial charge < -0.3 is 10.1 Å². The fourth-order valence-electron chi connectivity index (χ4n) is 0.929. The standard InChI is InChI=1S/C9H11BrClNO2S/c10-7-1-6-15-8(7)9(13)12-3-5-14-4-2-11/h1,6H,2-5H2,(H,12,13). The number of halogens is 2. The van der Waals surface area contributed by atoms with Crippen LogP contribution in [0.2, 0.25) is 0 Å². The molecule has 15 heavy (non-hydrogen) atoms. The molecule has 0 spiro atoms. The Kier molecular flexibility index (Phi) is 6.24. The molecular formula is C9H11BrClNO2S. The average Bonchev–Trinajstić information content (AvgIpc) is 2.64. The van der Waals surface area contributed by atoms with E-state index in [0.29, 0.717) is 30.5 Å². The largest absolute Gasteiger partial charge is 0.378 e. The molecule has 0 radical (unpaired) electrons. The molecule has 1 amide bonds. The number of amides is 1. The topological polar surface area (TPSA) is 38.3 Å². The van der Waals surface area contributed by atoms with Crippen molar-refractivity contribution in [3.63, 3.8) is 0 Å². The first-order valence-corrected chi connectivity index (χ1v) is 6.61. The number of ether oxygens (including phenoxy) is 1. The van der Waals surface area contributed by atoms with Crippen LogP contribution >= 0.6 is 38.9 Å². The van der Waals surface area contributed by atoms with Gasteiger partial charge in [-0.05, 0) is 27.4 Å². The van der Waals surface area contributed by atoms with Crippen molar-refractivity contribution in [2.45, 2.75) is 0 Å². The number of hydrogen-bond acceptors (Lipinski definition) is 3. The Hall–Kier alpha value is -0.100. The molecule has 0 bridgehead atoms. The molecule has 0 aliphatic rings. The summed E-state index contributed by atoms with van der Waals surface area (Å²) in [5.74, 6) is 0.399. The van der Waals surface area contributed by atoms with E-state index < -0.39 is 0 Å². The van der Waals surface area contributed by atoms with Crippen LogP contribution in [0.4, 0.5) is 0 Å². The first kappa shape index (κ1) is 13.0. The fourth-order valence-corrected chi connectivity index (χ4v) is 2.51. The van der Waals surface area contributed by atoms with Crippen LogP contribution in [-0.4, -0.2) is 31.5 Å². The molecule has 0 aromatic carbocycles. The molecule has 0 saturated heterocycles. The van der Waals surface area contributed by atoms with Crippen molar-refractivity contribution in [3.05, 3.63) is 20.8 Å². The van der Waals surface area contributed by atoms with Crippen molar-refractivity contribution < 1.29 is 9.53 Å². The molecule has 0 aliphatic heterocycles. The Balaban J connectivity index is 2.22. The maximum absolute atomic E-state index is 11.5. The SMILES string of the molecule is O=C(NCCOCCCl)c1sccc1Br. The molecule has 0 fully saturated rings. The van der Waals surface area contributed by atoms with E-state index in [1.807, 2.05) is 11.4 Å². The van der Waals surface area contributed by atoms with E-state index in [0.717, 1.165) is 4.47 Å². The Morgan fingerprint density at radius 3 is 3.00 bits per heavy atom. The lowest BCUT2D eigenvalue weighted by molar-refractivity contribution is 0.0927. The molecule has 6 heteroatoms. The lowest BCUT2D eigenvalue weighted by Gasteiger charge is -2.04. The van der Waals surface area contributed by atoms with Gasteiger partial charge in [0.05, 0.1) is 13.2 Å². The van der Waals surface area contributed by atoms with Gasteiger partial charge in [-0.15, -0.1) is 22.9 Å². The normalized spacial score (nSPS) is 10.3. The molecule has 1 aromatic heterocycles. The third-order valence-electron chi connectivity index (χ3n) is 1.58. The molecule has 0 atom stereocenters. The van der Waals surface area contributed by atoms with Gasteiger partial charge in [0, 0.05) is 16.9 Å². The van der Waals surface area contributed by atoms with E-state index in [1.54, 1.807) is 0 Å². The minimum absolute atomic E-state index is 0.0775. The number of rotatable bonds is 6. The Morgan fingerprint density at radius 1 is 1.60 bits per heavy atom. The summed E-state index contributed by atoms with van der Waals surface area (Å²) in [6, 6.07) is 1.85. The molecule has 0 saturated carbocycles. The molecule has 3 nitrogen and oxygen atoms in total. The number of carbonyl (C=O) groups is 1. The van der Waals surface area contributed by atoms with Crippen molar-refractivity contribution in [3.8, 4) is 0 Å². The van der Waals surface area contributed by atoms with E-state index >= 15 is 0 Å². The summed E-state index contributed by atoms with van der Waals surface area (Å²) >= 11 is 10.1. The van der Waals surface area contributed by atoms with Gasteiger partial charge in [-0.3, -0.25) is 4.79 Å². The number of alkyl halides is 1. The van der Waals surface area contributed by atoms with E-state index in [2.05, 4.69) is 21.2 Å². The Bertz CT molecular complexity index is 319. The second kappa shape index (κ2) is 7.22. The predicted molar refractivity (Wildman–Crippen MR) is 65.9 cm³/mol. The van der Waals surface area contributed by atoms with Crippen molar-refractivity contribution >= 4 is 44.8 Å². The summed E-state index contributed by atoms with van der Waals surface area (Å²) in [5, 5.41) is 4.62. The average molecular weight is 313 g/mol. The van der Waals surface area contributed by atoms with Gasteiger partial charge in [0.1, 0.15) is 4.88 Å². The predicted octanol–water partition coefficient (Wildman–Crippen LogP) is 2.50. The van der Waals surface area contributed by atoms with Gasteiger partial charge >= 0.3 is 0 Å². The summed E-state index contributed by atoms with van der Waals surface area (Å²) in [7, 11) is 0. The van der Waals surface area contributed by atoms with Crippen LogP contribution in [0.15, 0.2) is 15.9 Å². The highest BCUT2D eigenvalue weighted by atomic mass is 79.9. The molecule has 1 heterocycles. The minimum Gasteiger partial charge on any atom is -0.378 e. The van der Waals surface area contributed by atoms with Gasteiger partial charge in [-0.1, -0.05) is 0 Å². The zero-order valence-electron chi connectivity index (χ0n) is 7.96. The van der Waals surface area contributed by atoms with Crippen LogP contribution in [0.5, 0.6) is 0 Å². The van der Waals surface area contributed by atoms with Crippen LogP contribution < -0.4 is 5.32 Å². The number of carbonyl (C=O) groups excluding carboxylic acids is 1.